The molecule has 0 amide bonds. The van der Waals surface area contributed by atoms with Gasteiger partial charge < -0.3 is 9.57 Å². The van der Waals surface area contributed by atoms with Gasteiger partial charge in [0.15, 0.2) is 0 Å². The highest BCUT2D eigenvalue weighted by molar-refractivity contribution is 5.61. The second-order valence-electron chi connectivity index (χ2n) is 2.99. The Morgan fingerprint density at radius 1 is 1.29 bits per heavy atom. The summed E-state index contributed by atoms with van der Waals surface area (Å²) in [5, 5.41) is 0. The molecule has 0 heterocycles. The SMILES string of the molecule is CC(C)OC(=O)ONc1ccccc1. The third-order valence-electron chi connectivity index (χ3n) is 1.36. The molecule has 0 atom stereocenters. The van der Waals surface area contributed by atoms with Crippen LogP contribution < -0.4 is 5.48 Å². The molecular weight excluding hydrogens is 182 g/mol. The Labute approximate surface area is 82.8 Å². The van der Waals surface area contributed by atoms with E-state index in [0.717, 1.165) is 0 Å². The molecule has 1 N–H and O–H groups in total. The number of nitrogens with one attached hydrogen (secondary N) is 1. The van der Waals surface area contributed by atoms with Gasteiger partial charge in [0.05, 0.1) is 11.8 Å². The molecule has 0 spiro atoms. The fraction of sp³-hybridized carbons (Fsp3) is 0.300. The van der Waals surface area contributed by atoms with Gasteiger partial charge in [-0.1, -0.05) is 18.2 Å². The van der Waals surface area contributed by atoms with E-state index in [-0.39, 0.29) is 6.10 Å². The molecule has 0 aliphatic rings. The highest BCUT2D eigenvalue weighted by Gasteiger charge is 2.05. The standard InChI is InChI=1S/C10H13NO3/c1-8(2)13-10(12)14-11-9-6-4-3-5-7-9/h3-8,11H,1-2H3. The average Bonchev–Trinajstić information content (AvgIpc) is 2.15. The fourth-order valence-corrected chi connectivity index (χ4v) is 0.823. The van der Waals surface area contributed by atoms with Crippen LogP contribution in [0.4, 0.5) is 10.5 Å². The Kier molecular flexibility index (Phi) is 3.79. The first-order valence-electron chi connectivity index (χ1n) is 4.37. The van der Waals surface area contributed by atoms with Gasteiger partial charge in [-0.2, -0.15) is 0 Å². The molecule has 0 radical (unpaired) electrons. The van der Waals surface area contributed by atoms with Crippen LogP contribution in [0.15, 0.2) is 30.3 Å². The van der Waals surface area contributed by atoms with Gasteiger partial charge in [-0.15, -0.1) is 0 Å². The molecule has 1 rings (SSSR count). The van der Waals surface area contributed by atoms with Gasteiger partial charge in [0.25, 0.3) is 0 Å². The van der Waals surface area contributed by atoms with Crippen molar-refractivity contribution in [2.24, 2.45) is 0 Å². The van der Waals surface area contributed by atoms with E-state index in [1.165, 1.54) is 0 Å². The lowest BCUT2D eigenvalue weighted by molar-refractivity contribution is 0.0489. The van der Waals surface area contributed by atoms with Gasteiger partial charge in [0, 0.05) is 0 Å². The van der Waals surface area contributed by atoms with Crippen LogP contribution >= 0.6 is 0 Å². The fourth-order valence-electron chi connectivity index (χ4n) is 0.823. The Balaban J connectivity index is 2.31. The minimum Gasteiger partial charge on any atom is -0.430 e. The summed E-state index contributed by atoms with van der Waals surface area (Å²) in [6.45, 7) is 3.51. The number of ether oxygens (including phenoxy) is 1. The summed E-state index contributed by atoms with van der Waals surface area (Å²) in [6.07, 6.45) is -0.913. The minimum atomic E-state index is -0.733. The van der Waals surface area contributed by atoms with Crippen LogP contribution in [0.3, 0.4) is 0 Å². The average molecular weight is 195 g/mol. The highest BCUT2D eigenvalue weighted by atomic mass is 16.8. The van der Waals surface area contributed by atoms with Crippen LogP contribution in [0.2, 0.25) is 0 Å². The van der Waals surface area contributed by atoms with Crippen molar-refractivity contribution >= 4 is 11.8 Å². The first kappa shape index (κ1) is 10.4. The summed E-state index contributed by atoms with van der Waals surface area (Å²) in [7, 11) is 0. The van der Waals surface area contributed by atoms with E-state index in [1.807, 2.05) is 18.2 Å². The van der Waals surface area contributed by atoms with Crippen molar-refractivity contribution in [3.63, 3.8) is 0 Å². The Bertz CT molecular complexity index is 285. The summed E-state index contributed by atoms with van der Waals surface area (Å²) in [5.74, 6) is 0. The molecule has 0 saturated carbocycles. The molecule has 4 nitrogen and oxygen atoms in total. The molecule has 14 heavy (non-hydrogen) atoms. The number of anilines is 1. The predicted molar refractivity (Wildman–Crippen MR) is 52.8 cm³/mol. The molecule has 4 heteroatoms. The molecule has 0 aliphatic heterocycles. The molecular formula is C10H13NO3. The minimum absolute atomic E-state index is 0.180. The maximum Gasteiger partial charge on any atom is 0.533 e. The van der Waals surface area contributed by atoms with Crippen LogP contribution in [0.25, 0.3) is 0 Å². The summed E-state index contributed by atoms with van der Waals surface area (Å²) in [5.41, 5.74) is 3.18. The van der Waals surface area contributed by atoms with Crippen molar-refractivity contribution < 1.29 is 14.4 Å². The van der Waals surface area contributed by atoms with Gasteiger partial charge in [-0.3, -0.25) is 0 Å². The van der Waals surface area contributed by atoms with Crippen molar-refractivity contribution in [2.75, 3.05) is 5.48 Å². The van der Waals surface area contributed by atoms with E-state index < -0.39 is 6.16 Å². The number of hydrogen-bond donors (Lipinski definition) is 1. The van der Waals surface area contributed by atoms with Crippen molar-refractivity contribution in [3.8, 4) is 0 Å². The molecule has 0 saturated heterocycles. The largest absolute Gasteiger partial charge is 0.533 e. The van der Waals surface area contributed by atoms with Crippen LogP contribution in [-0.4, -0.2) is 12.3 Å². The van der Waals surface area contributed by atoms with Crippen LogP contribution in [0.5, 0.6) is 0 Å². The highest BCUT2D eigenvalue weighted by Crippen LogP contribution is 2.05. The number of para-hydroxylation sites is 1. The monoisotopic (exact) mass is 195 g/mol. The van der Waals surface area contributed by atoms with E-state index in [4.69, 9.17) is 4.74 Å². The van der Waals surface area contributed by atoms with Gasteiger partial charge in [-0.05, 0) is 26.0 Å². The topological polar surface area (TPSA) is 47.6 Å². The predicted octanol–water partition coefficient (Wildman–Crippen LogP) is 2.58. The molecule has 0 unspecified atom stereocenters. The zero-order valence-electron chi connectivity index (χ0n) is 8.19. The van der Waals surface area contributed by atoms with Crippen molar-refractivity contribution in [3.05, 3.63) is 30.3 Å². The van der Waals surface area contributed by atoms with Gasteiger partial charge >= 0.3 is 6.16 Å². The van der Waals surface area contributed by atoms with E-state index in [0.29, 0.717) is 5.69 Å². The third-order valence-corrected chi connectivity index (χ3v) is 1.36. The number of hydrogen-bond acceptors (Lipinski definition) is 4. The molecule has 1 aromatic carbocycles. The number of benzene rings is 1. The first-order chi connectivity index (χ1) is 6.68. The lowest BCUT2D eigenvalue weighted by atomic mass is 10.3. The Morgan fingerprint density at radius 2 is 1.93 bits per heavy atom. The molecule has 76 valence electrons. The second kappa shape index (κ2) is 5.11. The van der Waals surface area contributed by atoms with E-state index in [1.54, 1.807) is 26.0 Å². The summed E-state index contributed by atoms with van der Waals surface area (Å²) in [6, 6.07) is 9.10. The van der Waals surface area contributed by atoms with Crippen LogP contribution in [0, 0.1) is 0 Å². The first-order valence-corrected chi connectivity index (χ1v) is 4.37. The van der Waals surface area contributed by atoms with Crippen molar-refractivity contribution in [1.29, 1.82) is 0 Å². The molecule has 0 aliphatic carbocycles. The van der Waals surface area contributed by atoms with Crippen LogP contribution in [-0.2, 0) is 9.57 Å². The molecule has 0 aromatic heterocycles. The van der Waals surface area contributed by atoms with E-state index >= 15 is 0 Å². The van der Waals surface area contributed by atoms with Gasteiger partial charge in [0.1, 0.15) is 0 Å². The number of rotatable bonds is 3. The maximum absolute atomic E-state index is 10.9. The lowest BCUT2D eigenvalue weighted by Crippen LogP contribution is -2.16. The quantitative estimate of drug-likeness (QED) is 0.594. The van der Waals surface area contributed by atoms with E-state index in [2.05, 4.69) is 10.3 Å². The number of carbonyl (C=O) groups is 1. The third kappa shape index (κ3) is 3.80. The zero-order valence-corrected chi connectivity index (χ0v) is 8.19. The molecule has 0 fully saturated rings. The smallest absolute Gasteiger partial charge is 0.430 e. The second-order valence-corrected chi connectivity index (χ2v) is 2.99. The lowest BCUT2D eigenvalue weighted by Gasteiger charge is -2.08. The zero-order chi connectivity index (χ0) is 10.4. The molecule has 1 aromatic rings. The maximum atomic E-state index is 10.9. The summed E-state index contributed by atoms with van der Waals surface area (Å²) in [4.78, 5) is 15.5. The Hall–Kier alpha value is -1.71. The summed E-state index contributed by atoms with van der Waals surface area (Å²) >= 11 is 0. The molecule has 0 bridgehead atoms. The van der Waals surface area contributed by atoms with Crippen molar-refractivity contribution in [1.82, 2.24) is 0 Å². The van der Waals surface area contributed by atoms with E-state index in [9.17, 15) is 4.79 Å². The van der Waals surface area contributed by atoms with Gasteiger partial charge in [0.2, 0.25) is 0 Å². The van der Waals surface area contributed by atoms with Crippen molar-refractivity contribution in [2.45, 2.75) is 20.0 Å². The summed E-state index contributed by atoms with van der Waals surface area (Å²) < 4.78 is 4.75. The Morgan fingerprint density at radius 3 is 2.50 bits per heavy atom. The van der Waals surface area contributed by atoms with Crippen LogP contribution in [0.1, 0.15) is 13.8 Å². The van der Waals surface area contributed by atoms with Gasteiger partial charge in [-0.25, -0.2) is 10.3 Å². The normalized spacial score (nSPS) is 9.64. The number of carbonyl (C=O) groups excluding carboxylic acids is 1.